The molecular formula is C56H70F6N6O11. The Morgan fingerprint density at radius 1 is 0.620 bits per heavy atom. The Bertz CT molecular complexity index is 2580. The largest absolute Gasteiger partial charge is 0.497 e. The molecule has 4 aromatic carbocycles. The molecule has 17 nitrogen and oxygen atoms in total. The molecule has 2 aliphatic rings. The Hall–Kier alpha value is -6.66. The second-order valence-electron chi connectivity index (χ2n) is 19.5. The van der Waals surface area contributed by atoms with Gasteiger partial charge in [-0.1, -0.05) is 70.0 Å². The van der Waals surface area contributed by atoms with Crippen molar-refractivity contribution >= 4 is 35.3 Å². The molecule has 0 bridgehead atoms. The van der Waals surface area contributed by atoms with Crippen molar-refractivity contribution in [3.8, 4) is 11.5 Å². The van der Waals surface area contributed by atoms with Crippen molar-refractivity contribution in [1.29, 1.82) is 0 Å². The predicted octanol–water partition coefficient (Wildman–Crippen LogP) is 9.60. The lowest BCUT2D eigenvalue weighted by Gasteiger charge is -2.49. The number of nitrogens with one attached hydrogen (secondary N) is 6. The first-order chi connectivity index (χ1) is 37.7. The number of methoxy groups -OCH3 is 2. The van der Waals surface area contributed by atoms with Gasteiger partial charge < -0.3 is 65.1 Å². The maximum absolute atomic E-state index is 14.1. The Morgan fingerprint density at radius 3 is 1.68 bits per heavy atom. The molecule has 2 aliphatic heterocycles. The van der Waals surface area contributed by atoms with Gasteiger partial charge in [-0.25, -0.2) is 9.59 Å². The van der Waals surface area contributed by atoms with Gasteiger partial charge in [-0.05, 0) is 96.5 Å². The third-order valence-electron chi connectivity index (χ3n) is 13.7. The molecule has 79 heavy (non-hydrogen) atoms. The Morgan fingerprint density at radius 2 is 1.15 bits per heavy atom. The number of anilines is 2. The van der Waals surface area contributed by atoms with E-state index in [2.05, 4.69) is 31.9 Å². The number of hydrogen-bond acceptors (Lipinski definition) is 11. The summed E-state index contributed by atoms with van der Waals surface area (Å²) >= 11 is 0. The van der Waals surface area contributed by atoms with Crippen molar-refractivity contribution in [1.82, 2.24) is 21.3 Å². The lowest BCUT2D eigenvalue weighted by Crippen LogP contribution is -2.69. The first kappa shape index (κ1) is 61.6. The predicted molar refractivity (Wildman–Crippen MR) is 280 cm³/mol. The number of carbonyl (C=O) groups is 4. The number of ether oxygens (including phenoxy) is 7. The molecule has 23 heteroatoms. The zero-order valence-electron chi connectivity index (χ0n) is 44.7. The number of rotatable bonds is 25. The molecule has 2 heterocycles. The minimum Gasteiger partial charge on any atom is -0.497 e. The highest BCUT2D eigenvalue weighted by Crippen LogP contribution is 2.36. The van der Waals surface area contributed by atoms with E-state index in [1.165, 1.54) is 19.2 Å². The van der Waals surface area contributed by atoms with E-state index in [0.29, 0.717) is 17.9 Å². The van der Waals surface area contributed by atoms with Crippen molar-refractivity contribution in [3.63, 3.8) is 0 Å². The number of carbonyl (C=O) groups excluding carboxylic acids is 4. The summed E-state index contributed by atoms with van der Waals surface area (Å²) in [4.78, 5) is 54.4. The maximum atomic E-state index is 14.1. The van der Waals surface area contributed by atoms with Gasteiger partial charge in [-0.3, -0.25) is 9.59 Å². The Labute approximate surface area is 455 Å². The van der Waals surface area contributed by atoms with E-state index in [1.54, 1.807) is 43.5 Å². The number of alkyl halides is 6. The standard InChI is InChI=1S/C56H70F6N6O11/c1-6-7-8-16-47(69)63-26-11-17-48(70)67-50-46(33-76-30-37-20-24-43(74-5)25-21-37)77-31-44(66-53(71)64-40-14-9-12-38(27-40)55(57,58)59)51(50)79-52-49(68-54(72)65-41-15-10-13-39(28-41)56(60,61)62)35(3)34(2)45(78-52)32-75-29-36-18-22-42(73-4)23-19-36/h9-10,12-15,18-25,27-28,34-35,44-46,49-52H,6-8,11,16-17,26,29-33H2,1-5H3,(H,63,69)(H,67,70)(H2,64,66,71)(H2,65,68,72)/t34-,35+,44?,45?,46?,49?,50+,51-,52+/m1/s1. The monoisotopic (exact) mass is 1120 g/mol. The van der Waals surface area contributed by atoms with Crippen LogP contribution in [-0.4, -0.2) is 107 Å². The molecule has 2 fully saturated rings. The molecule has 0 radical (unpaired) electrons. The number of urea groups is 2. The van der Waals surface area contributed by atoms with Gasteiger partial charge in [-0.2, -0.15) is 26.3 Å². The third kappa shape index (κ3) is 19.0. The molecule has 6 amide bonds. The topological polar surface area (TPSA) is 205 Å². The minimum atomic E-state index is -4.72. The summed E-state index contributed by atoms with van der Waals surface area (Å²) in [6.45, 7) is 5.69. The fourth-order valence-corrected chi connectivity index (χ4v) is 9.06. The molecule has 432 valence electrons. The van der Waals surface area contributed by atoms with Crippen molar-refractivity contribution in [2.75, 3.05) is 51.2 Å². The van der Waals surface area contributed by atoms with Gasteiger partial charge in [0.25, 0.3) is 0 Å². The number of benzene rings is 4. The Kier molecular flexibility index (Phi) is 23.0. The fourth-order valence-electron chi connectivity index (χ4n) is 9.06. The molecule has 0 aromatic heterocycles. The molecule has 4 unspecified atom stereocenters. The second-order valence-corrected chi connectivity index (χ2v) is 19.5. The molecule has 9 atom stereocenters. The van der Waals surface area contributed by atoms with Gasteiger partial charge >= 0.3 is 24.4 Å². The van der Waals surface area contributed by atoms with Gasteiger partial charge in [0.1, 0.15) is 23.7 Å². The minimum absolute atomic E-state index is 0.00648. The average molecular weight is 1120 g/mol. The third-order valence-corrected chi connectivity index (χ3v) is 13.7. The highest BCUT2D eigenvalue weighted by Gasteiger charge is 2.49. The van der Waals surface area contributed by atoms with Gasteiger partial charge in [-0.15, -0.1) is 0 Å². The highest BCUT2D eigenvalue weighted by atomic mass is 19.4. The van der Waals surface area contributed by atoms with E-state index in [-0.39, 0.29) is 75.6 Å². The SMILES string of the molecule is CCCCCC(=O)NCCCC(=O)N[C@H]1C(COCc2ccc(OC)cc2)OCC(NC(=O)Nc2cccc(C(F)(F)F)c2)[C@H]1O[C@@H]1OC(COCc2ccc(OC)cc2)[C@H](C)[C@H](C)C1NC(=O)Nc1cccc(C(F)(F)F)c1. The summed E-state index contributed by atoms with van der Waals surface area (Å²) in [7, 11) is 3.08. The number of amides is 6. The van der Waals surface area contributed by atoms with Crippen LogP contribution in [0.1, 0.15) is 81.5 Å². The second kappa shape index (κ2) is 29.5. The summed E-state index contributed by atoms with van der Waals surface area (Å²) in [5.74, 6) is -0.295. The summed E-state index contributed by atoms with van der Waals surface area (Å²) in [6, 6.07) is 17.0. The molecule has 2 saturated heterocycles. The van der Waals surface area contributed by atoms with E-state index in [9.17, 15) is 45.5 Å². The highest BCUT2D eigenvalue weighted by molar-refractivity contribution is 5.90. The van der Waals surface area contributed by atoms with Crippen LogP contribution in [0.5, 0.6) is 11.5 Å². The van der Waals surface area contributed by atoms with E-state index in [0.717, 1.165) is 66.8 Å². The van der Waals surface area contributed by atoms with Gasteiger partial charge in [0, 0.05) is 30.8 Å². The molecular weight excluding hydrogens is 1050 g/mol. The lowest BCUT2D eigenvalue weighted by atomic mass is 9.82. The van der Waals surface area contributed by atoms with Crippen molar-refractivity contribution in [2.24, 2.45) is 11.8 Å². The average Bonchev–Trinajstić information content (AvgIpc) is 3.47. The molecule has 6 N–H and O–H groups in total. The van der Waals surface area contributed by atoms with Crippen LogP contribution in [0.2, 0.25) is 0 Å². The summed E-state index contributed by atoms with van der Waals surface area (Å²) in [5.41, 5.74) is -0.776. The van der Waals surface area contributed by atoms with E-state index in [1.807, 2.05) is 32.9 Å². The summed E-state index contributed by atoms with van der Waals surface area (Å²) in [6.07, 6.45) is -10.9. The zero-order valence-corrected chi connectivity index (χ0v) is 44.7. The van der Waals surface area contributed by atoms with Crippen LogP contribution in [0, 0.1) is 11.8 Å². The normalized spacial score (nSPS) is 22.2. The maximum Gasteiger partial charge on any atom is 0.416 e. The number of halogens is 6. The van der Waals surface area contributed by atoms with Crippen molar-refractivity contribution in [3.05, 3.63) is 119 Å². The fraction of sp³-hybridized carbons (Fsp3) is 0.500. The van der Waals surface area contributed by atoms with Crippen LogP contribution in [0.3, 0.4) is 0 Å². The van der Waals surface area contributed by atoms with Gasteiger partial charge in [0.15, 0.2) is 6.29 Å². The number of hydrogen-bond donors (Lipinski definition) is 6. The molecule has 4 aromatic rings. The van der Waals surface area contributed by atoms with Gasteiger partial charge in [0.2, 0.25) is 11.8 Å². The van der Waals surface area contributed by atoms with Crippen LogP contribution in [0.15, 0.2) is 97.1 Å². The lowest BCUT2D eigenvalue weighted by molar-refractivity contribution is -0.277. The van der Waals surface area contributed by atoms with Crippen LogP contribution in [0.25, 0.3) is 0 Å². The van der Waals surface area contributed by atoms with Gasteiger partial charge in [0.05, 0.1) is 82.6 Å². The zero-order chi connectivity index (χ0) is 57.1. The smallest absolute Gasteiger partial charge is 0.416 e. The molecule has 0 aliphatic carbocycles. The molecule has 6 rings (SSSR count). The Balaban J connectivity index is 1.33. The first-order valence-corrected chi connectivity index (χ1v) is 26.1. The molecule has 0 spiro atoms. The number of unbranched alkanes of at least 4 members (excludes halogenated alkanes) is 2. The van der Waals surface area contributed by atoms with Crippen LogP contribution < -0.4 is 41.4 Å². The summed E-state index contributed by atoms with van der Waals surface area (Å²) in [5, 5.41) is 16.3. The van der Waals surface area contributed by atoms with Crippen LogP contribution >= 0.6 is 0 Å². The van der Waals surface area contributed by atoms with Crippen LogP contribution in [0.4, 0.5) is 47.3 Å². The van der Waals surface area contributed by atoms with E-state index in [4.69, 9.17) is 33.2 Å². The van der Waals surface area contributed by atoms with Crippen molar-refractivity contribution < 1.29 is 78.7 Å². The summed E-state index contributed by atoms with van der Waals surface area (Å²) < 4.78 is 125. The molecule has 0 saturated carbocycles. The van der Waals surface area contributed by atoms with E-state index >= 15 is 0 Å². The van der Waals surface area contributed by atoms with E-state index < -0.39 is 90.1 Å². The van der Waals surface area contributed by atoms with Crippen molar-refractivity contribution in [2.45, 2.75) is 128 Å². The quantitative estimate of drug-likeness (QED) is 0.0272. The van der Waals surface area contributed by atoms with Crippen LogP contribution in [-0.2, 0) is 58.8 Å². The first-order valence-electron chi connectivity index (χ1n) is 26.1.